The van der Waals surface area contributed by atoms with Crippen molar-refractivity contribution in [3.8, 4) is 0 Å². The fourth-order valence-corrected chi connectivity index (χ4v) is 4.09. The second-order valence-corrected chi connectivity index (χ2v) is 7.94. The summed E-state index contributed by atoms with van der Waals surface area (Å²) in [7, 11) is 0. The minimum Gasteiger partial charge on any atom is -0.381 e. The molecular formula is C19H29ClN6O. The smallest absolute Gasteiger partial charge is 0.154 e. The molecule has 2 aromatic rings. The van der Waals surface area contributed by atoms with E-state index in [-0.39, 0.29) is 0 Å². The van der Waals surface area contributed by atoms with Crippen LogP contribution in [-0.2, 0) is 30.7 Å². The average Bonchev–Trinajstić information content (AvgIpc) is 3.20. The van der Waals surface area contributed by atoms with E-state index in [4.69, 9.17) is 26.4 Å². The fourth-order valence-electron chi connectivity index (χ4n) is 3.88. The van der Waals surface area contributed by atoms with Gasteiger partial charge in [0.1, 0.15) is 11.6 Å². The summed E-state index contributed by atoms with van der Waals surface area (Å²) in [6, 6.07) is 0. The highest BCUT2D eigenvalue weighted by Crippen LogP contribution is 2.25. The normalized spacial score (nSPS) is 19.2. The van der Waals surface area contributed by atoms with E-state index in [9.17, 15) is 0 Å². The molecule has 4 heterocycles. The van der Waals surface area contributed by atoms with Crippen molar-refractivity contribution in [2.45, 2.75) is 64.5 Å². The van der Waals surface area contributed by atoms with Gasteiger partial charge in [0.2, 0.25) is 0 Å². The summed E-state index contributed by atoms with van der Waals surface area (Å²) in [6.07, 6.45) is 6.25. The SMILES string of the molecule is CCCCc1nc(Cl)c(CN2CCc3nc(C4CCOCC4)nn3CC2)[nH]1. The Balaban J connectivity index is 1.36. The van der Waals surface area contributed by atoms with Crippen LogP contribution in [0.4, 0.5) is 0 Å². The first-order chi connectivity index (χ1) is 13.2. The highest BCUT2D eigenvalue weighted by atomic mass is 35.5. The van der Waals surface area contributed by atoms with Crippen molar-refractivity contribution < 1.29 is 4.74 Å². The number of aryl methyl sites for hydroxylation is 1. The van der Waals surface area contributed by atoms with Crippen LogP contribution in [0.3, 0.4) is 0 Å². The van der Waals surface area contributed by atoms with Gasteiger partial charge in [-0.2, -0.15) is 5.10 Å². The van der Waals surface area contributed by atoms with Gasteiger partial charge in [-0.25, -0.2) is 14.6 Å². The number of hydrogen-bond acceptors (Lipinski definition) is 5. The fraction of sp³-hybridized carbons (Fsp3) is 0.737. The molecule has 2 aromatic heterocycles. The monoisotopic (exact) mass is 392 g/mol. The first-order valence-electron chi connectivity index (χ1n) is 10.2. The second kappa shape index (κ2) is 8.71. The van der Waals surface area contributed by atoms with E-state index in [1.54, 1.807) is 0 Å². The highest BCUT2D eigenvalue weighted by Gasteiger charge is 2.24. The van der Waals surface area contributed by atoms with Crippen molar-refractivity contribution in [2.24, 2.45) is 0 Å². The maximum Gasteiger partial charge on any atom is 0.154 e. The van der Waals surface area contributed by atoms with E-state index < -0.39 is 0 Å². The molecule has 1 fully saturated rings. The summed E-state index contributed by atoms with van der Waals surface area (Å²) in [6.45, 7) is 7.43. The molecule has 0 spiro atoms. The zero-order chi connectivity index (χ0) is 18.6. The average molecular weight is 393 g/mol. The van der Waals surface area contributed by atoms with Crippen LogP contribution in [0.5, 0.6) is 0 Å². The first-order valence-corrected chi connectivity index (χ1v) is 10.6. The number of aromatic amines is 1. The largest absolute Gasteiger partial charge is 0.381 e. The maximum absolute atomic E-state index is 6.35. The molecule has 1 N–H and O–H groups in total. The van der Waals surface area contributed by atoms with E-state index in [0.717, 1.165) is 101 Å². The highest BCUT2D eigenvalue weighted by molar-refractivity contribution is 6.30. The van der Waals surface area contributed by atoms with E-state index in [1.165, 1.54) is 0 Å². The summed E-state index contributed by atoms with van der Waals surface area (Å²) in [5.74, 6) is 3.58. The number of aromatic nitrogens is 5. The molecule has 0 amide bonds. The van der Waals surface area contributed by atoms with Gasteiger partial charge in [-0.15, -0.1) is 0 Å². The minimum atomic E-state index is 0.458. The standard InChI is InChI=1S/C19H29ClN6O/c1-2-3-4-16-21-15(18(20)22-16)13-25-8-5-17-23-19(24-26(17)10-9-25)14-6-11-27-12-7-14/h14H,2-13H2,1H3,(H,21,22). The molecular weight excluding hydrogens is 364 g/mol. The third kappa shape index (κ3) is 4.52. The van der Waals surface area contributed by atoms with Gasteiger partial charge in [0.05, 0.1) is 12.2 Å². The maximum atomic E-state index is 6.35. The molecule has 0 bridgehead atoms. The number of nitrogens with zero attached hydrogens (tertiary/aromatic N) is 5. The van der Waals surface area contributed by atoms with Crippen molar-refractivity contribution in [2.75, 3.05) is 26.3 Å². The van der Waals surface area contributed by atoms with Gasteiger partial charge in [-0.1, -0.05) is 24.9 Å². The summed E-state index contributed by atoms with van der Waals surface area (Å²) >= 11 is 6.35. The summed E-state index contributed by atoms with van der Waals surface area (Å²) in [5, 5.41) is 5.42. The summed E-state index contributed by atoms with van der Waals surface area (Å²) in [5.41, 5.74) is 1.03. The zero-order valence-corrected chi connectivity index (χ0v) is 16.8. The molecule has 0 aliphatic carbocycles. The molecule has 4 rings (SSSR count). The number of H-pyrrole nitrogens is 1. The van der Waals surface area contributed by atoms with Gasteiger partial charge in [0, 0.05) is 51.6 Å². The predicted molar refractivity (Wildman–Crippen MR) is 104 cm³/mol. The van der Waals surface area contributed by atoms with Crippen LogP contribution in [0, 0.1) is 0 Å². The molecule has 8 heteroatoms. The van der Waals surface area contributed by atoms with Crippen LogP contribution >= 0.6 is 11.6 Å². The van der Waals surface area contributed by atoms with Crippen molar-refractivity contribution >= 4 is 11.6 Å². The first kappa shape index (κ1) is 18.9. The van der Waals surface area contributed by atoms with Crippen LogP contribution in [0.25, 0.3) is 0 Å². The minimum absolute atomic E-state index is 0.458. The van der Waals surface area contributed by atoms with Crippen LogP contribution in [0.2, 0.25) is 5.15 Å². The van der Waals surface area contributed by atoms with Crippen LogP contribution < -0.4 is 0 Å². The van der Waals surface area contributed by atoms with Gasteiger partial charge < -0.3 is 9.72 Å². The van der Waals surface area contributed by atoms with Gasteiger partial charge in [-0.3, -0.25) is 4.90 Å². The Hall–Kier alpha value is -1.44. The number of rotatable bonds is 6. The number of ether oxygens (including phenoxy) is 1. The molecule has 2 aliphatic heterocycles. The number of nitrogens with one attached hydrogen (secondary N) is 1. The van der Waals surface area contributed by atoms with Gasteiger partial charge in [0.15, 0.2) is 11.0 Å². The Bertz CT molecular complexity index is 726. The molecule has 27 heavy (non-hydrogen) atoms. The Morgan fingerprint density at radius 3 is 2.85 bits per heavy atom. The third-order valence-electron chi connectivity index (χ3n) is 5.56. The zero-order valence-electron chi connectivity index (χ0n) is 16.1. The predicted octanol–water partition coefficient (Wildman–Crippen LogP) is 2.95. The van der Waals surface area contributed by atoms with Crippen molar-refractivity contribution in [3.05, 3.63) is 28.3 Å². The number of imidazole rings is 1. The molecule has 7 nitrogen and oxygen atoms in total. The van der Waals surface area contributed by atoms with E-state index in [2.05, 4.69) is 26.5 Å². The Kier molecular flexibility index (Phi) is 6.10. The number of unbranched alkanes of at least 4 members (excludes halogenated alkanes) is 1. The Morgan fingerprint density at radius 1 is 1.19 bits per heavy atom. The lowest BCUT2D eigenvalue weighted by Crippen LogP contribution is -2.27. The Labute approximate surface area is 165 Å². The second-order valence-electron chi connectivity index (χ2n) is 7.58. The molecule has 0 atom stereocenters. The van der Waals surface area contributed by atoms with Crippen LogP contribution in [0.1, 0.15) is 61.7 Å². The lowest BCUT2D eigenvalue weighted by atomic mass is 10.00. The summed E-state index contributed by atoms with van der Waals surface area (Å²) < 4.78 is 7.56. The molecule has 0 unspecified atom stereocenters. The number of fused-ring (bicyclic) bond motifs is 1. The molecule has 0 saturated carbocycles. The van der Waals surface area contributed by atoms with Crippen LogP contribution in [-0.4, -0.2) is 55.9 Å². The molecule has 0 radical (unpaired) electrons. The van der Waals surface area contributed by atoms with E-state index in [0.29, 0.717) is 11.1 Å². The van der Waals surface area contributed by atoms with Crippen molar-refractivity contribution in [1.82, 2.24) is 29.6 Å². The van der Waals surface area contributed by atoms with E-state index >= 15 is 0 Å². The van der Waals surface area contributed by atoms with Crippen molar-refractivity contribution in [1.29, 1.82) is 0 Å². The molecule has 0 aromatic carbocycles. The lowest BCUT2D eigenvalue weighted by molar-refractivity contribution is 0.0835. The topological polar surface area (TPSA) is 71.9 Å². The van der Waals surface area contributed by atoms with Gasteiger partial charge in [-0.05, 0) is 19.3 Å². The molecule has 148 valence electrons. The Morgan fingerprint density at radius 2 is 2.04 bits per heavy atom. The number of halogens is 1. The van der Waals surface area contributed by atoms with Crippen molar-refractivity contribution in [3.63, 3.8) is 0 Å². The van der Waals surface area contributed by atoms with Crippen LogP contribution in [0.15, 0.2) is 0 Å². The number of hydrogen-bond donors (Lipinski definition) is 1. The quantitative estimate of drug-likeness (QED) is 0.818. The van der Waals surface area contributed by atoms with Gasteiger partial charge in [0.25, 0.3) is 0 Å². The lowest BCUT2D eigenvalue weighted by Gasteiger charge is -2.20. The van der Waals surface area contributed by atoms with E-state index in [1.807, 2.05) is 0 Å². The summed E-state index contributed by atoms with van der Waals surface area (Å²) in [4.78, 5) is 15.2. The third-order valence-corrected chi connectivity index (χ3v) is 5.87. The molecule has 2 aliphatic rings. The van der Waals surface area contributed by atoms with Gasteiger partial charge >= 0.3 is 0 Å². The molecule has 1 saturated heterocycles.